The highest BCUT2D eigenvalue weighted by molar-refractivity contribution is 5.93. The largest absolute Gasteiger partial charge is 0.457 e. The smallest absolute Gasteiger partial charge is 0.140 e. The predicted octanol–water partition coefficient (Wildman–Crippen LogP) is 21.1. The quantitative estimate of drug-likeness (QED) is 0.166. The Kier molecular flexibility index (Phi) is 12.0. The Hall–Kier alpha value is -11.5. The fraction of sp³-hybridized carbons (Fsp3) is 0.0238. The van der Waals surface area contributed by atoms with Crippen molar-refractivity contribution in [2.24, 2.45) is 0 Å². The maximum atomic E-state index is 6.95. The van der Waals surface area contributed by atoms with Crippen LogP contribution in [0.4, 0.5) is 0 Å². The van der Waals surface area contributed by atoms with Crippen molar-refractivity contribution in [1.29, 1.82) is 0 Å². The van der Waals surface area contributed by atoms with Crippen molar-refractivity contribution in [2.75, 3.05) is 0 Å². The molecule has 0 N–H and O–H groups in total. The molecule has 4 aliphatic rings. The lowest BCUT2D eigenvalue weighted by molar-refractivity contribution is 0.436. The van der Waals surface area contributed by atoms with Gasteiger partial charge in [-0.3, -0.25) is 0 Å². The summed E-state index contributed by atoms with van der Waals surface area (Å²) in [4.78, 5) is 10.3. The predicted molar refractivity (Wildman–Crippen MR) is 356 cm³/mol. The number of aromatic nitrogens is 2. The van der Waals surface area contributed by atoms with Gasteiger partial charge in [-0.1, -0.05) is 279 Å². The van der Waals surface area contributed by atoms with Crippen LogP contribution >= 0.6 is 0 Å². The van der Waals surface area contributed by atoms with E-state index in [1.165, 1.54) is 55.6 Å². The van der Waals surface area contributed by atoms with Crippen LogP contribution in [0.2, 0.25) is 0 Å². The molecule has 0 amide bonds. The van der Waals surface area contributed by atoms with Crippen LogP contribution in [0.25, 0.3) is 89.5 Å². The summed E-state index contributed by atoms with van der Waals surface area (Å²) in [5.41, 5.74) is 26.4. The molecule has 0 saturated heterocycles. The maximum absolute atomic E-state index is 6.95. The third-order valence-electron chi connectivity index (χ3n) is 18.3. The van der Waals surface area contributed by atoms with Crippen LogP contribution in [0.5, 0.6) is 23.0 Å². The number of ether oxygens (including phenoxy) is 2. The first-order valence-corrected chi connectivity index (χ1v) is 30.1. The maximum Gasteiger partial charge on any atom is 0.140 e. The Morgan fingerprint density at radius 1 is 0.193 bits per heavy atom. The lowest BCUT2D eigenvalue weighted by Gasteiger charge is -2.40. The number of benzene rings is 12. The van der Waals surface area contributed by atoms with Crippen LogP contribution in [0, 0.1) is 0 Å². The Morgan fingerprint density at radius 3 is 0.943 bits per heavy atom. The first kappa shape index (κ1) is 51.0. The van der Waals surface area contributed by atoms with Gasteiger partial charge < -0.3 is 9.47 Å². The van der Waals surface area contributed by atoms with Crippen molar-refractivity contribution in [3.05, 3.63) is 372 Å². The molecule has 14 aromatic rings. The number of para-hydroxylation sites is 3. The van der Waals surface area contributed by atoms with Gasteiger partial charge in [-0.05, 0) is 110 Å². The zero-order chi connectivity index (χ0) is 58.2. The fourth-order valence-electron chi connectivity index (χ4n) is 14.6. The van der Waals surface area contributed by atoms with Gasteiger partial charge in [0.15, 0.2) is 0 Å². The zero-order valence-electron chi connectivity index (χ0n) is 47.9. The summed E-state index contributed by atoms with van der Waals surface area (Å²) in [6.45, 7) is 0. The molecule has 2 aromatic heterocycles. The molecular formula is C84H54N2O2. The molecule has 18 rings (SSSR count). The molecule has 0 bridgehead atoms. The second-order valence-corrected chi connectivity index (χ2v) is 23.0. The van der Waals surface area contributed by atoms with Gasteiger partial charge in [-0.25, -0.2) is 9.97 Å². The Balaban J connectivity index is 0.000000137. The minimum absolute atomic E-state index is 0.495. The average molecular weight is 1120 g/mol. The number of fused-ring (bicyclic) bond motifs is 18. The lowest BCUT2D eigenvalue weighted by atomic mass is 9.65. The highest BCUT2D eigenvalue weighted by Gasteiger charge is 2.53. The Bertz CT molecular complexity index is 4720. The number of nitrogens with zero attached hydrogens (tertiary/aromatic N) is 2. The van der Waals surface area contributed by atoms with Crippen molar-refractivity contribution in [2.45, 2.75) is 10.8 Å². The second-order valence-electron chi connectivity index (χ2n) is 23.0. The number of hydrogen-bond donors (Lipinski definition) is 0. The van der Waals surface area contributed by atoms with Crippen LogP contribution < -0.4 is 9.47 Å². The van der Waals surface area contributed by atoms with E-state index < -0.39 is 10.8 Å². The summed E-state index contributed by atoms with van der Waals surface area (Å²) in [5, 5.41) is 0. The molecular weight excluding hydrogens is 1070 g/mol. The Morgan fingerprint density at radius 2 is 0.511 bits per heavy atom. The molecule has 0 saturated carbocycles. The van der Waals surface area contributed by atoms with Gasteiger partial charge in [0.1, 0.15) is 23.0 Å². The van der Waals surface area contributed by atoms with E-state index in [-0.39, 0.29) is 0 Å². The molecule has 0 unspecified atom stereocenters. The molecule has 2 aliphatic heterocycles. The highest BCUT2D eigenvalue weighted by Crippen LogP contribution is 2.65. The average Bonchev–Trinajstić information content (AvgIpc) is 1.51. The molecule has 2 spiro atoms. The molecule has 4 heterocycles. The van der Waals surface area contributed by atoms with Crippen molar-refractivity contribution in [1.82, 2.24) is 9.97 Å². The van der Waals surface area contributed by atoms with E-state index in [2.05, 4.69) is 303 Å². The lowest BCUT2D eigenvalue weighted by Crippen LogP contribution is -2.32. The molecule has 12 aromatic carbocycles. The number of rotatable bonds is 6. The number of pyridine rings is 2. The van der Waals surface area contributed by atoms with Gasteiger partial charge in [-0.2, -0.15) is 0 Å². The highest BCUT2D eigenvalue weighted by atomic mass is 16.5. The topological polar surface area (TPSA) is 44.2 Å². The van der Waals surface area contributed by atoms with Crippen molar-refractivity contribution < 1.29 is 9.47 Å². The molecule has 2 aliphatic carbocycles. The van der Waals surface area contributed by atoms with Crippen LogP contribution in [-0.4, -0.2) is 9.97 Å². The van der Waals surface area contributed by atoms with E-state index in [1.807, 2.05) is 24.3 Å². The van der Waals surface area contributed by atoms with E-state index in [0.717, 1.165) is 101 Å². The molecule has 412 valence electrons. The standard InChI is InChI=1S/2C42H27NO/c1-3-14-28(15-4-1)38-26-30(27-39(43-38)29-16-5-2-6-17-29)31-20-13-24-37-41(31)44-40-25-12-11-23-36(40)42(37)34-21-9-7-18-32(34)33-19-8-10-22-35(33)42;1-3-13-28(14-4-1)38-26-31(27-39(43-38)29-15-5-2-6-16-29)30-23-24-41-37(25-30)42(36-21-11-12-22-40(36)44-41)34-19-9-7-17-32(34)33-18-8-10-20-35(33)42/h2*1-27H. The van der Waals surface area contributed by atoms with Gasteiger partial charge in [0, 0.05) is 50.1 Å². The zero-order valence-corrected chi connectivity index (χ0v) is 47.9. The summed E-state index contributed by atoms with van der Waals surface area (Å²) >= 11 is 0. The van der Waals surface area contributed by atoms with Gasteiger partial charge in [0.05, 0.1) is 33.6 Å². The Labute approximate surface area is 512 Å². The van der Waals surface area contributed by atoms with Crippen molar-refractivity contribution in [3.8, 4) is 113 Å². The molecule has 0 radical (unpaired) electrons. The van der Waals surface area contributed by atoms with E-state index in [9.17, 15) is 0 Å². The van der Waals surface area contributed by atoms with E-state index >= 15 is 0 Å². The number of hydrogen-bond acceptors (Lipinski definition) is 4. The SMILES string of the molecule is c1ccc(-c2cc(-c3ccc4c(c3)C3(c5ccccc5O4)c4ccccc4-c4ccccc43)cc(-c3ccccc3)n2)cc1.c1ccc(-c2cc(-c3cccc4c3Oc3ccccc3C43c4ccccc4-c4ccccc43)cc(-c3ccccc3)n2)cc1. The van der Waals surface area contributed by atoms with Crippen LogP contribution in [0.15, 0.2) is 328 Å². The van der Waals surface area contributed by atoms with E-state index in [4.69, 9.17) is 19.4 Å². The summed E-state index contributed by atoms with van der Waals surface area (Å²) < 4.78 is 13.6. The van der Waals surface area contributed by atoms with Gasteiger partial charge in [-0.15, -0.1) is 0 Å². The summed E-state index contributed by atoms with van der Waals surface area (Å²) in [6.07, 6.45) is 0. The molecule has 0 atom stereocenters. The minimum atomic E-state index is -0.495. The van der Waals surface area contributed by atoms with Crippen molar-refractivity contribution >= 4 is 0 Å². The third kappa shape index (κ3) is 7.92. The first-order valence-electron chi connectivity index (χ1n) is 30.1. The summed E-state index contributed by atoms with van der Waals surface area (Å²) in [7, 11) is 0. The van der Waals surface area contributed by atoms with Crippen LogP contribution in [-0.2, 0) is 10.8 Å². The molecule has 4 heteroatoms. The normalized spacial score (nSPS) is 13.4. The second kappa shape index (κ2) is 20.7. The summed E-state index contributed by atoms with van der Waals surface area (Å²) in [5.74, 6) is 3.57. The van der Waals surface area contributed by atoms with Gasteiger partial charge in [0.2, 0.25) is 0 Å². The van der Waals surface area contributed by atoms with E-state index in [0.29, 0.717) is 0 Å². The third-order valence-corrected chi connectivity index (χ3v) is 18.3. The van der Waals surface area contributed by atoms with E-state index in [1.54, 1.807) is 0 Å². The molecule has 4 nitrogen and oxygen atoms in total. The minimum Gasteiger partial charge on any atom is -0.457 e. The van der Waals surface area contributed by atoms with Crippen molar-refractivity contribution in [3.63, 3.8) is 0 Å². The molecule has 88 heavy (non-hydrogen) atoms. The first-order chi connectivity index (χ1) is 43.6. The van der Waals surface area contributed by atoms with Crippen LogP contribution in [0.3, 0.4) is 0 Å². The fourth-order valence-corrected chi connectivity index (χ4v) is 14.6. The van der Waals surface area contributed by atoms with Gasteiger partial charge >= 0.3 is 0 Å². The van der Waals surface area contributed by atoms with Gasteiger partial charge in [0.25, 0.3) is 0 Å². The molecule has 0 fully saturated rings. The monoisotopic (exact) mass is 1120 g/mol. The van der Waals surface area contributed by atoms with Crippen LogP contribution in [0.1, 0.15) is 44.5 Å². The summed E-state index contributed by atoms with van der Waals surface area (Å²) in [6, 6.07) is 116.